The predicted octanol–water partition coefficient (Wildman–Crippen LogP) is 1.16. The van der Waals surface area contributed by atoms with Crippen LogP contribution in [0.1, 0.15) is 12.8 Å². The van der Waals surface area contributed by atoms with E-state index in [4.69, 9.17) is 10.5 Å². The molecule has 1 aliphatic heterocycles. The van der Waals surface area contributed by atoms with Crippen molar-refractivity contribution in [2.45, 2.75) is 18.9 Å². The predicted molar refractivity (Wildman–Crippen MR) is 80.7 cm³/mol. The molecule has 1 aromatic carbocycles. The molecule has 6 heteroatoms. The van der Waals surface area contributed by atoms with Gasteiger partial charge in [-0.05, 0) is 32.0 Å². The smallest absolute Gasteiger partial charge is 0.151 e. The van der Waals surface area contributed by atoms with E-state index in [2.05, 4.69) is 4.90 Å². The third kappa shape index (κ3) is 4.38. The quantitative estimate of drug-likeness (QED) is 0.630. The fourth-order valence-corrected chi connectivity index (χ4v) is 4.22. The number of anilines is 1. The number of rotatable bonds is 6. The minimum absolute atomic E-state index is 0.160. The van der Waals surface area contributed by atoms with Crippen molar-refractivity contribution in [2.75, 3.05) is 37.4 Å². The molecule has 1 aromatic rings. The van der Waals surface area contributed by atoms with Crippen molar-refractivity contribution in [3.05, 3.63) is 24.3 Å². The van der Waals surface area contributed by atoms with E-state index in [1.807, 2.05) is 25.2 Å². The van der Waals surface area contributed by atoms with Gasteiger partial charge in [0.2, 0.25) is 0 Å². The molecule has 1 atom stereocenters. The second kappa shape index (κ2) is 6.45. The molecule has 1 unspecified atom stereocenters. The number of nitrogen functional groups attached to an aromatic ring is 1. The van der Waals surface area contributed by atoms with E-state index in [0.29, 0.717) is 23.8 Å². The van der Waals surface area contributed by atoms with E-state index in [9.17, 15) is 8.42 Å². The number of hydrogen-bond acceptors (Lipinski definition) is 5. The minimum Gasteiger partial charge on any atom is -0.493 e. The average Bonchev–Trinajstić information content (AvgIpc) is 2.75. The molecular formula is C14H22N2O3S. The lowest BCUT2D eigenvalue weighted by atomic mass is 10.2. The van der Waals surface area contributed by atoms with E-state index < -0.39 is 9.84 Å². The summed E-state index contributed by atoms with van der Waals surface area (Å²) in [5.74, 6) is 1.39. The molecule has 0 bridgehead atoms. The maximum absolute atomic E-state index is 11.4. The van der Waals surface area contributed by atoms with Crippen molar-refractivity contribution < 1.29 is 13.2 Å². The van der Waals surface area contributed by atoms with Crippen molar-refractivity contribution >= 4 is 15.5 Å². The lowest BCUT2D eigenvalue weighted by molar-refractivity contribution is 0.227. The molecule has 0 spiro atoms. The summed E-state index contributed by atoms with van der Waals surface area (Å²) < 4.78 is 28.5. The van der Waals surface area contributed by atoms with Crippen molar-refractivity contribution in [3.8, 4) is 5.75 Å². The topological polar surface area (TPSA) is 72.6 Å². The van der Waals surface area contributed by atoms with E-state index in [0.717, 1.165) is 25.1 Å². The zero-order valence-corrected chi connectivity index (χ0v) is 12.6. The van der Waals surface area contributed by atoms with Crippen LogP contribution in [0.5, 0.6) is 5.75 Å². The van der Waals surface area contributed by atoms with E-state index >= 15 is 0 Å². The number of nitrogens with two attached hydrogens (primary N) is 1. The Balaban J connectivity index is 1.68. The average molecular weight is 298 g/mol. The highest BCUT2D eigenvalue weighted by Crippen LogP contribution is 2.17. The Morgan fingerprint density at radius 1 is 1.45 bits per heavy atom. The Bertz CT molecular complexity index is 545. The van der Waals surface area contributed by atoms with Gasteiger partial charge in [0.15, 0.2) is 9.84 Å². The fraction of sp³-hybridized carbons (Fsp3) is 0.571. The molecule has 0 saturated carbocycles. The van der Waals surface area contributed by atoms with Crippen LogP contribution < -0.4 is 10.5 Å². The Hall–Kier alpha value is -1.27. The van der Waals surface area contributed by atoms with Gasteiger partial charge in [-0.3, -0.25) is 0 Å². The van der Waals surface area contributed by atoms with Gasteiger partial charge in [0, 0.05) is 24.3 Å². The van der Waals surface area contributed by atoms with Crippen LogP contribution in [0.3, 0.4) is 0 Å². The van der Waals surface area contributed by atoms with Gasteiger partial charge in [0.1, 0.15) is 5.75 Å². The van der Waals surface area contributed by atoms with Crippen LogP contribution in [0.25, 0.3) is 0 Å². The van der Waals surface area contributed by atoms with Gasteiger partial charge >= 0.3 is 0 Å². The highest BCUT2D eigenvalue weighted by molar-refractivity contribution is 7.91. The molecule has 0 radical (unpaired) electrons. The first-order valence-corrected chi connectivity index (χ1v) is 8.67. The van der Waals surface area contributed by atoms with E-state index in [1.165, 1.54) is 0 Å². The first-order chi connectivity index (χ1) is 9.46. The van der Waals surface area contributed by atoms with Crippen LogP contribution in [-0.4, -0.2) is 51.1 Å². The van der Waals surface area contributed by atoms with Crippen molar-refractivity contribution in [3.63, 3.8) is 0 Å². The second-order valence-corrected chi connectivity index (χ2v) is 7.54. The molecule has 1 saturated heterocycles. The zero-order valence-electron chi connectivity index (χ0n) is 11.8. The zero-order chi connectivity index (χ0) is 14.6. The Labute approximate surface area is 120 Å². The van der Waals surface area contributed by atoms with Crippen LogP contribution >= 0.6 is 0 Å². The summed E-state index contributed by atoms with van der Waals surface area (Å²) in [4.78, 5) is 2.12. The molecule has 1 fully saturated rings. The SMILES string of the molecule is CN(CCCOc1cccc(N)c1)C1CCS(=O)(=O)C1. The van der Waals surface area contributed by atoms with Gasteiger partial charge in [0.25, 0.3) is 0 Å². The van der Waals surface area contributed by atoms with Gasteiger partial charge in [-0.15, -0.1) is 0 Å². The second-order valence-electron chi connectivity index (χ2n) is 5.31. The minimum atomic E-state index is -2.81. The number of benzene rings is 1. The summed E-state index contributed by atoms with van der Waals surface area (Å²) in [6.45, 7) is 1.44. The van der Waals surface area contributed by atoms with Crippen LogP contribution in [0.2, 0.25) is 0 Å². The van der Waals surface area contributed by atoms with Gasteiger partial charge in [-0.2, -0.15) is 0 Å². The molecule has 1 aliphatic rings. The summed E-state index contributed by atoms with van der Waals surface area (Å²) >= 11 is 0. The normalized spacial score (nSPS) is 21.2. The van der Waals surface area contributed by atoms with E-state index in [-0.39, 0.29) is 6.04 Å². The van der Waals surface area contributed by atoms with E-state index in [1.54, 1.807) is 6.07 Å². The van der Waals surface area contributed by atoms with Crippen molar-refractivity contribution in [1.29, 1.82) is 0 Å². The van der Waals surface area contributed by atoms with Crippen molar-refractivity contribution in [1.82, 2.24) is 4.90 Å². The molecule has 2 rings (SSSR count). The molecule has 112 valence electrons. The first kappa shape index (κ1) is 15.1. The molecule has 1 heterocycles. The maximum Gasteiger partial charge on any atom is 0.151 e. The summed E-state index contributed by atoms with van der Waals surface area (Å²) in [5.41, 5.74) is 6.36. The number of nitrogens with zero attached hydrogens (tertiary/aromatic N) is 1. The van der Waals surface area contributed by atoms with Gasteiger partial charge in [0.05, 0.1) is 18.1 Å². The van der Waals surface area contributed by atoms with Gasteiger partial charge < -0.3 is 15.4 Å². The molecule has 0 aromatic heterocycles. The fourth-order valence-electron chi connectivity index (χ4n) is 2.41. The summed E-state index contributed by atoms with van der Waals surface area (Å²) in [6, 6.07) is 7.52. The third-order valence-electron chi connectivity index (χ3n) is 3.61. The first-order valence-electron chi connectivity index (χ1n) is 6.85. The number of hydrogen-bond donors (Lipinski definition) is 1. The molecule has 2 N–H and O–H groups in total. The lowest BCUT2D eigenvalue weighted by Gasteiger charge is -2.22. The Morgan fingerprint density at radius 3 is 2.90 bits per heavy atom. The van der Waals surface area contributed by atoms with Crippen LogP contribution in [0.4, 0.5) is 5.69 Å². The molecule has 0 aliphatic carbocycles. The Kier molecular flexibility index (Phi) is 4.88. The largest absolute Gasteiger partial charge is 0.493 e. The lowest BCUT2D eigenvalue weighted by Crippen LogP contribution is -2.34. The monoisotopic (exact) mass is 298 g/mol. The van der Waals surface area contributed by atoms with Gasteiger partial charge in [-0.25, -0.2) is 8.42 Å². The number of sulfone groups is 1. The summed E-state index contributed by atoms with van der Waals surface area (Å²) in [6.07, 6.45) is 1.61. The van der Waals surface area contributed by atoms with Crippen LogP contribution in [0.15, 0.2) is 24.3 Å². The number of ether oxygens (including phenoxy) is 1. The highest BCUT2D eigenvalue weighted by atomic mass is 32.2. The maximum atomic E-state index is 11.4. The standard InChI is InChI=1S/C14H22N2O3S/c1-16(13-6-9-20(17,18)11-13)7-3-8-19-14-5-2-4-12(15)10-14/h2,4-5,10,13H,3,6-9,11,15H2,1H3. The summed E-state index contributed by atoms with van der Waals surface area (Å²) in [5, 5.41) is 0. The van der Waals surface area contributed by atoms with Gasteiger partial charge in [-0.1, -0.05) is 6.07 Å². The molecule has 0 amide bonds. The molecular weight excluding hydrogens is 276 g/mol. The van der Waals surface area contributed by atoms with Crippen molar-refractivity contribution in [2.24, 2.45) is 0 Å². The third-order valence-corrected chi connectivity index (χ3v) is 5.36. The highest BCUT2D eigenvalue weighted by Gasteiger charge is 2.30. The Morgan fingerprint density at radius 2 is 2.25 bits per heavy atom. The molecule has 20 heavy (non-hydrogen) atoms. The molecule has 5 nitrogen and oxygen atoms in total. The summed E-state index contributed by atoms with van der Waals surface area (Å²) in [7, 11) is -0.827. The van der Waals surface area contributed by atoms with Crippen LogP contribution in [0, 0.1) is 0 Å². The van der Waals surface area contributed by atoms with Crippen LogP contribution in [-0.2, 0) is 9.84 Å².